The van der Waals surface area contributed by atoms with Gasteiger partial charge >= 0.3 is 12.1 Å². The first-order valence-corrected chi connectivity index (χ1v) is 7.61. The van der Waals surface area contributed by atoms with E-state index in [0.29, 0.717) is 10.8 Å². The fraction of sp³-hybridized carbons (Fsp3) is 0.500. The van der Waals surface area contributed by atoms with Gasteiger partial charge in [0.2, 0.25) is 0 Å². The maximum atomic E-state index is 12.0. The summed E-state index contributed by atoms with van der Waals surface area (Å²) in [6.07, 6.45) is -0.710. The molecule has 0 aliphatic carbocycles. The average Bonchev–Trinajstić information content (AvgIpc) is 2.35. The van der Waals surface area contributed by atoms with E-state index in [-0.39, 0.29) is 19.5 Å². The van der Waals surface area contributed by atoms with Crippen LogP contribution in [0.2, 0.25) is 5.02 Å². The molecule has 0 atom stereocenters. The summed E-state index contributed by atoms with van der Waals surface area (Å²) in [4.78, 5) is 24.6. The van der Waals surface area contributed by atoms with E-state index in [0.717, 1.165) is 0 Å². The van der Waals surface area contributed by atoms with E-state index in [2.05, 4.69) is 0 Å². The molecule has 0 unspecified atom stereocenters. The van der Waals surface area contributed by atoms with E-state index in [1.165, 1.54) is 4.90 Å². The van der Waals surface area contributed by atoms with Gasteiger partial charge in [0.1, 0.15) is 11.4 Å². The van der Waals surface area contributed by atoms with Crippen molar-refractivity contribution in [2.75, 3.05) is 13.1 Å². The lowest BCUT2D eigenvalue weighted by atomic mass is 9.90. The maximum absolute atomic E-state index is 12.0. The van der Waals surface area contributed by atoms with Gasteiger partial charge in [-0.25, -0.2) is 4.79 Å². The van der Waals surface area contributed by atoms with Crippen LogP contribution in [0.4, 0.5) is 4.79 Å². The number of amides is 1. The van der Waals surface area contributed by atoms with E-state index in [4.69, 9.17) is 26.2 Å². The number of para-hydroxylation sites is 1. The summed E-state index contributed by atoms with van der Waals surface area (Å²) in [5.74, 6) is -0.597. The van der Waals surface area contributed by atoms with Gasteiger partial charge in [0, 0.05) is 0 Å². The largest absolute Gasteiger partial charge is 0.481 e. The highest BCUT2D eigenvalue weighted by Gasteiger charge is 2.50. The minimum Gasteiger partial charge on any atom is -0.481 e. The topological polar surface area (TPSA) is 76.1 Å². The van der Waals surface area contributed by atoms with Crippen LogP contribution in [0.25, 0.3) is 0 Å². The van der Waals surface area contributed by atoms with Crippen molar-refractivity contribution < 1.29 is 24.2 Å². The van der Waals surface area contributed by atoms with Crippen LogP contribution in [0.1, 0.15) is 27.2 Å². The number of hydrogen-bond acceptors (Lipinski definition) is 4. The third-order valence-electron chi connectivity index (χ3n) is 3.25. The van der Waals surface area contributed by atoms with E-state index in [1.807, 2.05) is 0 Å². The Morgan fingerprint density at radius 1 is 1.30 bits per heavy atom. The first-order chi connectivity index (χ1) is 10.6. The van der Waals surface area contributed by atoms with E-state index < -0.39 is 23.3 Å². The predicted octanol–water partition coefficient (Wildman–Crippen LogP) is 3.18. The highest BCUT2D eigenvalue weighted by Crippen LogP contribution is 2.35. The Morgan fingerprint density at radius 3 is 2.43 bits per heavy atom. The van der Waals surface area contributed by atoms with Gasteiger partial charge in [0.25, 0.3) is 0 Å². The van der Waals surface area contributed by atoms with Gasteiger partial charge in [-0.1, -0.05) is 23.7 Å². The van der Waals surface area contributed by atoms with Crippen LogP contribution in [0.3, 0.4) is 0 Å². The maximum Gasteiger partial charge on any atom is 0.410 e. The molecule has 126 valence electrons. The zero-order valence-electron chi connectivity index (χ0n) is 13.3. The number of carbonyl (C=O) groups is 2. The van der Waals surface area contributed by atoms with Gasteiger partial charge in [-0.2, -0.15) is 0 Å². The lowest BCUT2D eigenvalue weighted by molar-refractivity contribution is -0.148. The summed E-state index contributed by atoms with van der Waals surface area (Å²) in [6.45, 7) is 5.60. The minimum absolute atomic E-state index is 0.138. The molecule has 23 heavy (non-hydrogen) atoms. The Labute approximate surface area is 139 Å². The molecular formula is C16H20ClNO5. The van der Waals surface area contributed by atoms with Crippen molar-refractivity contribution in [3.8, 4) is 5.75 Å². The third kappa shape index (κ3) is 4.51. The Kier molecular flexibility index (Phi) is 4.75. The average molecular weight is 342 g/mol. The zero-order valence-corrected chi connectivity index (χ0v) is 14.1. The number of carboxylic acid groups (broad SMARTS) is 1. The fourth-order valence-corrected chi connectivity index (χ4v) is 2.53. The van der Waals surface area contributed by atoms with Crippen LogP contribution < -0.4 is 4.74 Å². The van der Waals surface area contributed by atoms with Crippen LogP contribution in [0, 0.1) is 0 Å². The highest BCUT2D eigenvalue weighted by molar-refractivity contribution is 6.32. The monoisotopic (exact) mass is 341 g/mol. The number of rotatable bonds is 4. The summed E-state index contributed by atoms with van der Waals surface area (Å²) in [6, 6.07) is 6.84. The summed E-state index contributed by atoms with van der Waals surface area (Å²) in [7, 11) is 0. The molecule has 6 nitrogen and oxygen atoms in total. The number of hydrogen-bond donors (Lipinski definition) is 1. The first kappa shape index (κ1) is 17.4. The SMILES string of the molecule is CC(C)(C)OC(=O)N1CC(CC(=O)O)(Oc2ccccc2Cl)C1. The standard InChI is InChI=1S/C16H20ClNO5/c1-15(2,3)23-14(21)18-9-16(10-18,8-13(19)20)22-12-7-5-4-6-11(12)17/h4-7H,8-10H2,1-3H3,(H,19,20). The second-order valence-electron chi connectivity index (χ2n) is 6.62. The Balaban J connectivity index is 2.08. The number of halogens is 1. The number of benzene rings is 1. The van der Waals surface area contributed by atoms with Crippen molar-refractivity contribution in [3.05, 3.63) is 29.3 Å². The van der Waals surface area contributed by atoms with E-state index >= 15 is 0 Å². The van der Waals surface area contributed by atoms with Crippen molar-refractivity contribution in [2.45, 2.75) is 38.4 Å². The molecule has 1 aromatic carbocycles. The van der Waals surface area contributed by atoms with Gasteiger partial charge in [0.15, 0.2) is 5.60 Å². The molecule has 1 N–H and O–H groups in total. The Morgan fingerprint density at radius 2 is 1.91 bits per heavy atom. The molecule has 1 saturated heterocycles. The van der Waals surface area contributed by atoms with Crippen LogP contribution in [-0.4, -0.2) is 46.4 Å². The second-order valence-corrected chi connectivity index (χ2v) is 7.03. The van der Waals surface area contributed by atoms with Crippen molar-refractivity contribution in [1.82, 2.24) is 4.90 Å². The Hall–Kier alpha value is -1.95. The lowest BCUT2D eigenvalue weighted by Crippen LogP contribution is -2.67. The van der Waals surface area contributed by atoms with Gasteiger partial charge in [-0.15, -0.1) is 0 Å². The molecule has 1 aliphatic rings. The van der Waals surface area contributed by atoms with Crippen LogP contribution in [0.15, 0.2) is 24.3 Å². The number of carbonyl (C=O) groups excluding carboxylic acids is 1. The smallest absolute Gasteiger partial charge is 0.410 e. The molecule has 1 aliphatic heterocycles. The molecule has 1 aromatic rings. The summed E-state index contributed by atoms with van der Waals surface area (Å²) < 4.78 is 11.1. The van der Waals surface area contributed by atoms with Crippen LogP contribution in [0.5, 0.6) is 5.75 Å². The third-order valence-corrected chi connectivity index (χ3v) is 3.56. The molecule has 1 fully saturated rings. The molecule has 0 spiro atoms. The molecule has 7 heteroatoms. The van der Waals surface area contributed by atoms with Crippen molar-refractivity contribution >= 4 is 23.7 Å². The summed E-state index contributed by atoms with van der Waals surface area (Å²) >= 11 is 6.06. The van der Waals surface area contributed by atoms with E-state index in [1.54, 1.807) is 45.0 Å². The number of aliphatic carboxylic acids is 1. The van der Waals surface area contributed by atoms with Gasteiger partial charge in [-0.3, -0.25) is 9.69 Å². The minimum atomic E-state index is -0.999. The summed E-state index contributed by atoms with van der Waals surface area (Å²) in [5.41, 5.74) is -1.60. The molecule has 0 bridgehead atoms. The van der Waals surface area contributed by atoms with Crippen LogP contribution >= 0.6 is 11.6 Å². The molecule has 0 aromatic heterocycles. The summed E-state index contributed by atoms with van der Waals surface area (Å²) in [5, 5.41) is 9.52. The number of nitrogens with zero attached hydrogens (tertiary/aromatic N) is 1. The number of ether oxygens (including phenoxy) is 2. The Bertz CT molecular complexity index is 605. The number of likely N-dealkylation sites (tertiary alicyclic amines) is 1. The first-order valence-electron chi connectivity index (χ1n) is 7.23. The molecule has 1 heterocycles. The van der Waals surface area contributed by atoms with Crippen LogP contribution in [-0.2, 0) is 9.53 Å². The van der Waals surface area contributed by atoms with Crippen molar-refractivity contribution in [3.63, 3.8) is 0 Å². The zero-order chi connectivity index (χ0) is 17.3. The quantitative estimate of drug-likeness (QED) is 0.910. The second kappa shape index (κ2) is 6.28. The molecule has 1 amide bonds. The van der Waals surface area contributed by atoms with E-state index in [9.17, 15) is 9.59 Å². The normalized spacial score (nSPS) is 16.4. The lowest BCUT2D eigenvalue weighted by Gasteiger charge is -2.48. The van der Waals surface area contributed by atoms with Gasteiger partial charge in [-0.05, 0) is 32.9 Å². The van der Waals surface area contributed by atoms with Gasteiger partial charge < -0.3 is 14.6 Å². The predicted molar refractivity (Wildman–Crippen MR) is 84.9 cm³/mol. The molecule has 0 saturated carbocycles. The fourth-order valence-electron chi connectivity index (χ4n) is 2.35. The van der Waals surface area contributed by atoms with Gasteiger partial charge in [0.05, 0.1) is 24.5 Å². The van der Waals surface area contributed by atoms with Crippen molar-refractivity contribution in [2.24, 2.45) is 0 Å². The molecule has 0 radical (unpaired) electrons. The van der Waals surface area contributed by atoms with Crippen molar-refractivity contribution in [1.29, 1.82) is 0 Å². The molecule has 2 rings (SSSR count). The molecular weight excluding hydrogens is 322 g/mol. The number of carboxylic acids is 1. The highest BCUT2D eigenvalue weighted by atomic mass is 35.5.